The number of phenols is 3. The molecule has 0 aliphatic carbocycles. The molecule has 7 nitrogen and oxygen atoms in total. The third-order valence-corrected chi connectivity index (χ3v) is 3.25. The maximum atomic E-state index is 12.1. The first-order valence-corrected chi connectivity index (χ1v) is 6.33. The number of carbonyl (C=O) groups is 2. The smallest absolute Gasteiger partial charge is 0.285 e. The zero-order chi connectivity index (χ0) is 15.9. The molecule has 0 bridgehead atoms. The first-order valence-electron chi connectivity index (χ1n) is 6.33. The number of imide groups is 1. The maximum Gasteiger partial charge on any atom is 0.285 e. The van der Waals surface area contributed by atoms with Crippen molar-refractivity contribution in [2.75, 3.05) is 0 Å². The standard InChI is InChI=1S/C15H11NO6/c17-11-5-8(6-12(18)13(11)19)7-22-16-14(20)9-3-1-2-4-10(9)15(16)21/h1-6,17-19H,7H2. The summed E-state index contributed by atoms with van der Waals surface area (Å²) >= 11 is 0. The molecule has 0 atom stereocenters. The quantitative estimate of drug-likeness (QED) is 0.586. The molecule has 0 fully saturated rings. The highest BCUT2D eigenvalue weighted by atomic mass is 16.7. The Morgan fingerprint density at radius 1 is 0.909 bits per heavy atom. The van der Waals surface area contributed by atoms with Gasteiger partial charge in [-0.1, -0.05) is 12.1 Å². The van der Waals surface area contributed by atoms with Crippen molar-refractivity contribution >= 4 is 11.8 Å². The molecule has 1 heterocycles. The summed E-state index contributed by atoms with van der Waals surface area (Å²) in [7, 11) is 0. The van der Waals surface area contributed by atoms with Crippen LogP contribution in [-0.2, 0) is 11.4 Å². The number of hydrogen-bond acceptors (Lipinski definition) is 6. The topological polar surface area (TPSA) is 107 Å². The van der Waals surface area contributed by atoms with Gasteiger partial charge >= 0.3 is 0 Å². The lowest BCUT2D eigenvalue weighted by molar-refractivity contribution is -0.101. The molecular weight excluding hydrogens is 290 g/mol. The zero-order valence-corrected chi connectivity index (χ0v) is 11.2. The summed E-state index contributed by atoms with van der Waals surface area (Å²) in [5, 5.41) is 28.7. The maximum absolute atomic E-state index is 12.1. The Balaban J connectivity index is 1.79. The Bertz CT molecular complexity index is 727. The molecule has 0 unspecified atom stereocenters. The van der Waals surface area contributed by atoms with Crippen molar-refractivity contribution in [1.82, 2.24) is 5.06 Å². The van der Waals surface area contributed by atoms with Crippen LogP contribution in [-0.4, -0.2) is 32.2 Å². The molecule has 0 saturated heterocycles. The Labute approximate surface area is 124 Å². The number of carbonyl (C=O) groups excluding carboxylic acids is 2. The third-order valence-electron chi connectivity index (χ3n) is 3.25. The highest BCUT2D eigenvalue weighted by Crippen LogP contribution is 2.35. The first-order chi connectivity index (χ1) is 10.5. The van der Waals surface area contributed by atoms with Gasteiger partial charge < -0.3 is 15.3 Å². The van der Waals surface area contributed by atoms with Gasteiger partial charge in [0.15, 0.2) is 17.2 Å². The van der Waals surface area contributed by atoms with Crippen LogP contribution in [0.2, 0.25) is 0 Å². The molecule has 112 valence electrons. The van der Waals surface area contributed by atoms with Crippen LogP contribution >= 0.6 is 0 Å². The summed E-state index contributed by atoms with van der Waals surface area (Å²) in [4.78, 5) is 29.3. The number of phenolic OH excluding ortho intramolecular Hbond substituents is 3. The van der Waals surface area contributed by atoms with Crippen molar-refractivity contribution in [2.45, 2.75) is 6.61 Å². The van der Waals surface area contributed by atoms with E-state index < -0.39 is 29.1 Å². The van der Waals surface area contributed by atoms with Gasteiger partial charge in [-0.25, -0.2) is 0 Å². The van der Waals surface area contributed by atoms with Gasteiger partial charge in [0.2, 0.25) is 0 Å². The lowest BCUT2D eigenvalue weighted by Crippen LogP contribution is -2.29. The van der Waals surface area contributed by atoms with E-state index in [0.29, 0.717) is 5.06 Å². The molecule has 1 aliphatic heterocycles. The number of nitrogens with zero attached hydrogens (tertiary/aromatic N) is 1. The van der Waals surface area contributed by atoms with Gasteiger partial charge in [0.25, 0.3) is 11.8 Å². The van der Waals surface area contributed by atoms with Crippen LogP contribution in [0.1, 0.15) is 26.3 Å². The van der Waals surface area contributed by atoms with Crippen molar-refractivity contribution in [3.05, 3.63) is 53.1 Å². The molecule has 2 amide bonds. The molecule has 2 aromatic rings. The minimum absolute atomic E-state index is 0.243. The van der Waals surface area contributed by atoms with Crippen LogP contribution in [0, 0.1) is 0 Å². The van der Waals surface area contributed by atoms with Crippen LogP contribution in [0.3, 0.4) is 0 Å². The number of hydroxylamine groups is 2. The molecule has 3 N–H and O–H groups in total. The Hall–Kier alpha value is -3.06. The van der Waals surface area contributed by atoms with Crippen LogP contribution in [0.15, 0.2) is 36.4 Å². The Morgan fingerprint density at radius 2 is 1.41 bits per heavy atom. The lowest BCUT2D eigenvalue weighted by Gasteiger charge is -2.14. The van der Waals surface area contributed by atoms with Gasteiger partial charge in [-0.2, -0.15) is 0 Å². The molecule has 0 aromatic heterocycles. The summed E-state index contributed by atoms with van der Waals surface area (Å²) in [5.41, 5.74) is 0.789. The first kappa shape index (κ1) is 13.9. The highest BCUT2D eigenvalue weighted by molar-refractivity contribution is 6.20. The number of benzene rings is 2. The summed E-state index contributed by atoms with van der Waals surface area (Å²) in [5.74, 6) is -2.85. The summed E-state index contributed by atoms with van der Waals surface area (Å²) in [6.45, 7) is -0.243. The fourth-order valence-electron chi connectivity index (χ4n) is 2.17. The lowest BCUT2D eigenvalue weighted by atomic mass is 10.1. The zero-order valence-electron chi connectivity index (χ0n) is 11.2. The second-order valence-electron chi connectivity index (χ2n) is 4.71. The number of amides is 2. The molecule has 3 rings (SSSR count). The van der Waals surface area contributed by atoms with Crippen molar-refractivity contribution in [3.63, 3.8) is 0 Å². The molecule has 0 spiro atoms. The predicted octanol–water partition coefficient (Wildman–Crippen LogP) is 1.53. The van der Waals surface area contributed by atoms with Crippen molar-refractivity contribution < 1.29 is 29.7 Å². The average Bonchev–Trinajstić information content (AvgIpc) is 2.75. The molecule has 2 aromatic carbocycles. The van der Waals surface area contributed by atoms with Crippen molar-refractivity contribution in [3.8, 4) is 17.2 Å². The molecule has 7 heteroatoms. The van der Waals surface area contributed by atoms with E-state index in [1.807, 2.05) is 0 Å². The third kappa shape index (κ3) is 2.13. The van der Waals surface area contributed by atoms with Crippen molar-refractivity contribution in [1.29, 1.82) is 0 Å². The second-order valence-corrected chi connectivity index (χ2v) is 4.71. The Kier molecular flexibility index (Phi) is 3.19. The molecule has 22 heavy (non-hydrogen) atoms. The van der Waals surface area contributed by atoms with Crippen LogP contribution in [0.5, 0.6) is 17.2 Å². The van der Waals surface area contributed by atoms with E-state index in [1.54, 1.807) is 12.1 Å². The monoisotopic (exact) mass is 301 g/mol. The van der Waals surface area contributed by atoms with E-state index in [2.05, 4.69) is 0 Å². The van der Waals surface area contributed by atoms with Gasteiger partial charge in [-0.15, -0.1) is 5.06 Å². The largest absolute Gasteiger partial charge is 0.504 e. The fourth-order valence-corrected chi connectivity index (χ4v) is 2.17. The number of hydrogen-bond donors (Lipinski definition) is 3. The molecule has 0 radical (unpaired) electrons. The summed E-state index contributed by atoms with van der Waals surface area (Å²) in [6, 6.07) is 8.65. The number of fused-ring (bicyclic) bond motifs is 1. The van der Waals surface area contributed by atoms with Gasteiger partial charge in [0.05, 0.1) is 11.1 Å². The minimum atomic E-state index is -0.649. The molecule has 1 aliphatic rings. The molecular formula is C15H11NO6. The van der Waals surface area contributed by atoms with E-state index in [4.69, 9.17) is 4.84 Å². The van der Waals surface area contributed by atoms with Gasteiger partial charge in [0, 0.05) is 0 Å². The average molecular weight is 301 g/mol. The van der Waals surface area contributed by atoms with Gasteiger partial charge in [0.1, 0.15) is 6.61 Å². The summed E-state index contributed by atoms with van der Waals surface area (Å²) in [6.07, 6.45) is 0. The predicted molar refractivity (Wildman–Crippen MR) is 73.2 cm³/mol. The van der Waals surface area contributed by atoms with Crippen molar-refractivity contribution in [2.24, 2.45) is 0 Å². The Morgan fingerprint density at radius 3 is 1.91 bits per heavy atom. The summed E-state index contributed by atoms with van der Waals surface area (Å²) < 4.78 is 0. The van der Waals surface area contributed by atoms with E-state index in [0.717, 1.165) is 12.1 Å². The van der Waals surface area contributed by atoms with E-state index in [-0.39, 0.29) is 23.3 Å². The number of aromatic hydroxyl groups is 3. The molecule has 0 saturated carbocycles. The number of rotatable bonds is 3. The van der Waals surface area contributed by atoms with Gasteiger partial charge in [-0.05, 0) is 29.8 Å². The normalized spacial score (nSPS) is 13.5. The highest BCUT2D eigenvalue weighted by Gasteiger charge is 2.36. The van der Waals surface area contributed by atoms with E-state index in [1.165, 1.54) is 12.1 Å². The van der Waals surface area contributed by atoms with E-state index in [9.17, 15) is 24.9 Å². The minimum Gasteiger partial charge on any atom is -0.504 e. The van der Waals surface area contributed by atoms with Crippen LogP contribution < -0.4 is 0 Å². The van der Waals surface area contributed by atoms with Crippen LogP contribution in [0.4, 0.5) is 0 Å². The second kappa shape index (κ2) is 5.05. The fraction of sp³-hybridized carbons (Fsp3) is 0.0667. The SMILES string of the molecule is O=C1c2ccccc2C(=O)N1OCc1cc(O)c(O)c(O)c1. The van der Waals surface area contributed by atoms with Gasteiger partial charge in [-0.3, -0.25) is 14.4 Å². The van der Waals surface area contributed by atoms with E-state index >= 15 is 0 Å². The van der Waals surface area contributed by atoms with Crippen LogP contribution in [0.25, 0.3) is 0 Å².